The minimum Gasteiger partial charge on any atom is -0.484 e. The Kier molecular flexibility index (Phi) is 5.44. The second kappa shape index (κ2) is 7.76. The second-order valence-corrected chi connectivity index (χ2v) is 6.66. The van der Waals surface area contributed by atoms with Crippen LogP contribution in [0.3, 0.4) is 0 Å². The highest BCUT2D eigenvalue weighted by molar-refractivity contribution is 5.79. The molecule has 2 amide bonds. The van der Waals surface area contributed by atoms with Gasteiger partial charge in [0.1, 0.15) is 11.6 Å². The molecule has 3 rings (SSSR count). The minimum absolute atomic E-state index is 0.00344. The predicted molar refractivity (Wildman–Crippen MR) is 99.2 cm³/mol. The lowest BCUT2D eigenvalue weighted by Crippen LogP contribution is -2.37. The Bertz CT molecular complexity index is 806. The number of amides is 2. The molecule has 1 aliphatic rings. The summed E-state index contributed by atoms with van der Waals surface area (Å²) in [4.78, 5) is 29.7. The van der Waals surface area contributed by atoms with Crippen molar-refractivity contribution in [2.45, 2.75) is 39.7 Å². The zero-order chi connectivity index (χ0) is 18.7. The molecule has 0 spiro atoms. The van der Waals surface area contributed by atoms with Crippen molar-refractivity contribution in [2.24, 2.45) is 0 Å². The highest BCUT2D eigenvalue weighted by Crippen LogP contribution is 2.30. The summed E-state index contributed by atoms with van der Waals surface area (Å²) in [5.41, 5.74) is 1.93. The van der Waals surface area contributed by atoms with Gasteiger partial charge in [0.05, 0.1) is 11.0 Å². The van der Waals surface area contributed by atoms with Crippen LogP contribution in [0.2, 0.25) is 0 Å². The maximum atomic E-state index is 11.6. The molecule has 2 heterocycles. The fourth-order valence-corrected chi connectivity index (χ4v) is 3.58. The number of aromatic nitrogens is 2. The van der Waals surface area contributed by atoms with E-state index in [0.29, 0.717) is 18.3 Å². The molecule has 0 saturated carbocycles. The Balaban J connectivity index is 1.79. The number of imidazole rings is 1. The largest absolute Gasteiger partial charge is 0.484 e. The molecule has 26 heavy (non-hydrogen) atoms. The molecule has 1 fully saturated rings. The van der Waals surface area contributed by atoms with Crippen LogP contribution in [0.15, 0.2) is 18.2 Å². The summed E-state index contributed by atoms with van der Waals surface area (Å²) < 4.78 is 7.86. The molecule has 7 nitrogen and oxygen atoms in total. The van der Waals surface area contributed by atoms with Gasteiger partial charge >= 0.3 is 0 Å². The molecule has 0 radical (unpaired) electrons. The van der Waals surface area contributed by atoms with E-state index in [1.54, 1.807) is 6.92 Å². The molecule has 1 N–H and O–H groups in total. The van der Waals surface area contributed by atoms with Gasteiger partial charge < -0.3 is 19.5 Å². The molecule has 2 aromatic rings. The van der Waals surface area contributed by atoms with Crippen LogP contribution < -0.4 is 10.1 Å². The number of carbonyl (C=O) groups excluding carboxylic acids is 2. The van der Waals surface area contributed by atoms with E-state index in [1.165, 1.54) is 0 Å². The fourth-order valence-electron chi connectivity index (χ4n) is 3.58. The molecule has 1 saturated heterocycles. The Morgan fingerprint density at radius 3 is 2.69 bits per heavy atom. The normalized spacial score (nSPS) is 15.3. The molecule has 1 aliphatic heterocycles. The van der Waals surface area contributed by atoms with Crippen LogP contribution in [-0.2, 0) is 9.59 Å². The van der Waals surface area contributed by atoms with Crippen molar-refractivity contribution < 1.29 is 14.3 Å². The Labute approximate surface area is 153 Å². The molecular weight excluding hydrogens is 332 g/mol. The molecule has 1 aromatic carbocycles. The number of rotatable bonds is 5. The van der Waals surface area contributed by atoms with Gasteiger partial charge in [0.15, 0.2) is 6.61 Å². The van der Waals surface area contributed by atoms with Gasteiger partial charge in [-0.3, -0.25) is 9.59 Å². The van der Waals surface area contributed by atoms with Gasteiger partial charge in [0, 0.05) is 38.7 Å². The van der Waals surface area contributed by atoms with Gasteiger partial charge in [-0.05, 0) is 38.8 Å². The van der Waals surface area contributed by atoms with Crippen LogP contribution in [0.1, 0.15) is 38.6 Å². The SMILES string of the molecule is CCNC(=O)COc1ccc2nc(C)n(C3CCN(C(C)=O)CC3)c2c1. The number of ether oxygens (including phenoxy) is 1. The Hall–Kier alpha value is -2.57. The molecular formula is C19H26N4O3. The summed E-state index contributed by atoms with van der Waals surface area (Å²) in [7, 11) is 0. The van der Waals surface area contributed by atoms with Crippen molar-refractivity contribution in [3.63, 3.8) is 0 Å². The third-order valence-corrected chi connectivity index (χ3v) is 4.86. The van der Waals surface area contributed by atoms with Crippen LogP contribution in [0.25, 0.3) is 11.0 Å². The first kappa shape index (κ1) is 18.2. The number of carbonyl (C=O) groups is 2. The van der Waals surface area contributed by atoms with Crippen LogP contribution in [0.5, 0.6) is 5.75 Å². The average molecular weight is 358 g/mol. The Morgan fingerprint density at radius 2 is 2.04 bits per heavy atom. The van der Waals surface area contributed by atoms with E-state index in [9.17, 15) is 9.59 Å². The minimum atomic E-state index is -0.131. The Morgan fingerprint density at radius 1 is 1.31 bits per heavy atom. The van der Waals surface area contributed by atoms with Gasteiger partial charge in [0.25, 0.3) is 5.91 Å². The van der Waals surface area contributed by atoms with E-state index in [-0.39, 0.29) is 18.4 Å². The topological polar surface area (TPSA) is 76.5 Å². The van der Waals surface area contributed by atoms with Crippen LogP contribution >= 0.6 is 0 Å². The number of nitrogens with zero attached hydrogens (tertiary/aromatic N) is 3. The highest BCUT2D eigenvalue weighted by Gasteiger charge is 2.24. The summed E-state index contributed by atoms with van der Waals surface area (Å²) in [5.74, 6) is 1.62. The molecule has 0 aliphatic carbocycles. The number of piperidine rings is 1. The first-order chi connectivity index (χ1) is 12.5. The number of likely N-dealkylation sites (N-methyl/N-ethyl adjacent to an activating group) is 1. The van der Waals surface area contributed by atoms with Crippen molar-refractivity contribution in [1.29, 1.82) is 0 Å². The van der Waals surface area contributed by atoms with Crippen molar-refractivity contribution >= 4 is 22.8 Å². The van der Waals surface area contributed by atoms with Crippen LogP contribution in [0, 0.1) is 6.92 Å². The predicted octanol–water partition coefficient (Wildman–Crippen LogP) is 2.04. The number of aryl methyl sites for hydroxylation is 1. The highest BCUT2D eigenvalue weighted by atomic mass is 16.5. The number of hydrogen-bond acceptors (Lipinski definition) is 4. The van der Waals surface area contributed by atoms with Crippen molar-refractivity contribution in [3.8, 4) is 5.75 Å². The van der Waals surface area contributed by atoms with Crippen molar-refractivity contribution in [2.75, 3.05) is 26.2 Å². The second-order valence-electron chi connectivity index (χ2n) is 6.66. The monoisotopic (exact) mass is 358 g/mol. The lowest BCUT2D eigenvalue weighted by atomic mass is 10.0. The molecule has 0 unspecified atom stereocenters. The van der Waals surface area contributed by atoms with Gasteiger partial charge in [-0.1, -0.05) is 0 Å². The van der Waals surface area contributed by atoms with Crippen LogP contribution in [-0.4, -0.2) is 52.5 Å². The standard InChI is InChI=1S/C19H26N4O3/c1-4-20-19(25)12-26-16-5-6-17-18(11-16)23(13(2)21-17)15-7-9-22(10-8-15)14(3)24/h5-6,11,15H,4,7-10,12H2,1-3H3,(H,20,25). The molecule has 140 valence electrons. The summed E-state index contributed by atoms with van der Waals surface area (Å²) in [6.07, 6.45) is 1.83. The maximum Gasteiger partial charge on any atom is 0.257 e. The average Bonchev–Trinajstić information content (AvgIpc) is 2.95. The zero-order valence-electron chi connectivity index (χ0n) is 15.6. The zero-order valence-corrected chi connectivity index (χ0v) is 15.6. The molecule has 0 bridgehead atoms. The third kappa shape index (κ3) is 3.81. The first-order valence-corrected chi connectivity index (χ1v) is 9.13. The summed E-state index contributed by atoms with van der Waals surface area (Å²) in [6, 6.07) is 6.04. The first-order valence-electron chi connectivity index (χ1n) is 9.13. The van der Waals surface area contributed by atoms with Gasteiger partial charge in [0.2, 0.25) is 5.91 Å². The number of nitrogens with one attached hydrogen (secondary N) is 1. The van der Waals surface area contributed by atoms with E-state index in [2.05, 4.69) is 14.9 Å². The molecule has 7 heteroatoms. The maximum absolute atomic E-state index is 11.6. The van der Waals surface area contributed by atoms with Gasteiger partial charge in [-0.15, -0.1) is 0 Å². The van der Waals surface area contributed by atoms with Crippen molar-refractivity contribution in [1.82, 2.24) is 19.8 Å². The number of hydrogen-bond donors (Lipinski definition) is 1. The lowest BCUT2D eigenvalue weighted by molar-refractivity contribution is -0.130. The van der Waals surface area contributed by atoms with Gasteiger partial charge in [-0.25, -0.2) is 4.98 Å². The summed E-state index contributed by atoms with van der Waals surface area (Å²) >= 11 is 0. The fraction of sp³-hybridized carbons (Fsp3) is 0.526. The number of fused-ring (bicyclic) bond motifs is 1. The number of likely N-dealkylation sites (tertiary alicyclic amines) is 1. The van der Waals surface area contributed by atoms with Gasteiger partial charge in [-0.2, -0.15) is 0 Å². The lowest BCUT2D eigenvalue weighted by Gasteiger charge is -2.32. The van der Waals surface area contributed by atoms with Crippen molar-refractivity contribution in [3.05, 3.63) is 24.0 Å². The van der Waals surface area contributed by atoms with E-state index < -0.39 is 0 Å². The smallest absolute Gasteiger partial charge is 0.257 e. The van der Waals surface area contributed by atoms with E-state index >= 15 is 0 Å². The molecule has 1 aromatic heterocycles. The van der Waals surface area contributed by atoms with Crippen LogP contribution in [0.4, 0.5) is 0 Å². The van der Waals surface area contributed by atoms with E-state index in [1.807, 2.05) is 36.9 Å². The summed E-state index contributed by atoms with van der Waals surface area (Å²) in [6.45, 7) is 7.64. The van der Waals surface area contributed by atoms with E-state index in [0.717, 1.165) is 42.8 Å². The number of benzene rings is 1. The summed E-state index contributed by atoms with van der Waals surface area (Å²) in [5, 5.41) is 2.72. The third-order valence-electron chi connectivity index (χ3n) is 4.86. The quantitative estimate of drug-likeness (QED) is 0.887. The van der Waals surface area contributed by atoms with E-state index in [4.69, 9.17) is 4.74 Å². The molecule has 0 atom stereocenters.